The number of nitrogens with two attached hydrogens (primary N) is 1. The Balaban J connectivity index is 1.92. The number of hydrogen-bond donors (Lipinski definition) is 2. The first-order chi connectivity index (χ1) is 11.2. The SMILES string of the molecule is NC[C@@H]1CCS[C@H](c2cccc(-n3ccccc3=O)c2)C(=O)N1. The third-order valence-corrected chi connectivity index (χ3v) is 5.18. The van der Waals surface area contributed by atoms with Crippen molar-refractivity contribution in [2.24, 2.45) is 5.73 Å². The summed E-state index contributed by atoms with van der Waals surface area (Å²) in [7, 11) is 0. The Kier molecular flexibility index (Phi) is 4.83. The lowest BCUT2D eigenvalue weighted by Gasteiger charge is -2.16. The minimum absolute atomic E-state index is 0.0134. The zero-order valence-electron chi connectivity index (χ0n) is 12.6. The summed E-state index contributed by atoms with van der Waals surface area (Å²) >= 11 is 1.62. The van der Waals surface area contributed by atoms with Crippen LogP contribution in [0, 0.1) is 0 Å². The Morgan fingerprint density at radius 1 is 1.22 bits per heavy atom. The summed E-state index contributed by atoms with van der Waals surface area (Å²) in [5.74, 6) is 0.862. The van der Waals surface area contributed by atoms with Crippen molar-refractivity contribution < 1.29 is 4.79 Å². The Morgan fingerprint density at radius 3 is 2.87 bits per heavy atom. The Bertz CT molecular complexity index is 759. The van der Waals surface area contributed by atoms with Gasteiger partial charge in [-0.05, 0) is 35.9 Å². The molecule has 3 rings (SSSR count). The highest BCUT2D eigenvalue weighted by Gasteiger charge is 2.27. The number of benzene rings is 1. The van der Waals surface area contributed by atoms with Gasteiger partial charge < -0.3 is 11.1 Å². The summed E-state index contributed by atoms with van der Waals surface area (Å²) < 4.78 is 1.57. The van der Waals surface area contributed by atoms with Gasteiger partial charge in [-0.25, -0.2) is 0 Å². The second kappa shape index (κ2) is 7.02. The monoisotopic (exact) mass is 329 g/mol. The number of pyridine rings is 1. The van der Waals surface area contributed by atoms with Gasteiger partial charge in [0.1, 0.15) is 5.25 Å². The average molecular weight is 329 g/mol. The molecule has 3 N–H and O–H groups in total. The van der Waals surface area contributed by atoms with Crippen LogP contribution in [0.25, 0.3) is 5.69 Å². The summed E-state index contributed by atoms with van der Waals surface area (Å²) in [4.78, 5) is 24.4. The molecule has 2 atom stereocenters. The summed E-state index contributed by atoms with van der Waals surface area (Å²) in [6.45, 7) is 0.457. The standard InChI is InChI=1S/C17H19N3O2S/c18-11-13-7-9-23-16(17(22)19-13)12-4-3-5-14(10-12)20-8-2-1-6-15(20)21/h1-6,8,10,13,16H,7,9,11,18H2,(H,19,22)/t13-,16+/m0/s1. The van der Waals surface area contributed by atoms with Crippen molar-refractivity contribution in [2.75, 3.05) is 12.3 Å². The number of carbonyl (C=O) groups is 1. The van der Waals surface area contributed by atoms with Crippen molar-refractivity contribution in [2.45, 2.75) is 17.7 Å². The van der Waals surface area contributed by atoms with E-state index in [9.17, 15) is 9.59 Å². The van der Waals surface area contributed by atoms with E-state index in [-0.39, 0.29) is 22.8 Å². The normalized spacial score (nSPS) is 21.5. The lowest BCUT2D eigenvalue weighted by molar-refractivity contribution is -0.121. The second-order valence-corrected chi connectivity index (χ2v) is 6.70. The van der Waals surface area contributed by atoms with Crippen LogP contribution in [0.1, 0.15) is 17.2 Å². The number of aromatic nitrogens is 1. The Labute approximate surface area is 138 Å². The fourth-order valence-electron chi connectivity index (χ4n) is 2.66. The third-order valence-electron chi connectivity index (χ3n) is 3.89. The minimum atomic E-state index is -0.272. The van der Waals surface area contributed by atoms with Gasteiger partial charge in [-0.1, -0.05) is 18.2 Å². The first-order valence-electron chi connectivity index (χ1n) is 7.59. The molecule has 2 aromatic rings. The van der Waals surface area contributed by atoms with E-state index in [2.05, 4.69) is 5.32 Å². The fraction of sp³-hybridized carbons (Fsp3) is 0.294. The van der Waals surface area contributed by atoms with E-state index in [0.717, 1.165) is 23.4 Å². The molecule has 6 heteroatoms. The number of carbonyl (C=O) groups excluding carboxylic acids is 1. The average Bonchev–Trinajstić information content (AvgIpc) is 2.76. The molecule has 5 nitrogen and oxygen atoms in total. The lowest BCUT2D eigenvalue weighted by atomic mass is 10.1. The van der Waals surface area contributed by atoms with Crippen LogP contribution >= 0.6 is 11.8 Å². The predicted octanol–water partition coefficient (Wildman–Crippen LogP) is 1.46. The molecule has 0 saturated carbocycles. The lowest BCUT2D eigenvalue weighted by Crippen LogP contribution is -2.40. The molecule has 0 spiro atoms. The largest absolute Gasteiger partial charge is 0.351 e. The summed E-state index contributed by atoms with van der Waals surface area (Å²) in [5, 5.41) is 2.72. The van der Waals surface area contributed by atoms with Crippen molar-refractivity contribution in [1.82, 2.24) is 9.88 Å². The topological polar surface area (TPSA) is 77.1 Å². The van der Waals surface area contributed by atoms with Crippen molar-refractivity contribution in [3.63, 3.8) is 0 Å². The maximum absolute atomic E-state index is 12.4. The second-order valence-electron chi connectivity index (χ2n) is 5.48. The van der Waals surface area contributed by atoms with Gasteiger partial charge in [0, 0.05) is 30.5 Å². The number of nitrogens with one attached hydrogen (secondary N) is 1. The van der Waals surface area contributed by atoms with Crippen LogP contribution in [0.5, 0.6) is 0 Å². The molecule has 23 heavy (non-hydrogen) atoms. The van der Waals surface area contributed by atoms with E-state index in [0.29, 0.717) is 6.54 Å². The molecular weight excluding hydrogens is 310 g/mol. The molecule has 1 aromatic carbocycles. The zero-order chi connectivity index (χ0) is 16.2. The van der Waals surface area contributed by atoms with Crippen molar-refractivity contribution in [1.29, 1.82) is 0 Å². The van der Waals surface area contributed by atoms with Crippen molar-refractivity contribution in [3.8, 4) is 5.69 Å². The van der Waals surface area contributed by atoms with E-state index < -0.39 is 0 Å². The molecule has 1 amide bonds. The molecule has 1 fully saturated rings. The van der Waals surface area contributed by atoms with Crippen LogP contribution in [-0.2, 0) is 4.79 Å². The molecule has 1 saturated heterocycles. The van der Waals surface area contributed by atoms with Crippen LogP contribution in [0.4, 0.5) is 0 Å². The number of thioether (sulfide) groups is 1. The zero-order valence-corrected chi connectivity index (χ0v) is 13.5. The molecule has 0 radical (unpaired) electrons. The van der Waals surface area contributed by atoms with Gasteiger partial charge in [-0.2, -0.15) is 0 Å². The molecule has 2 heterocycles. The van der Waals surface area contributed by atoms with E-state index >= 15 is 0 Å². The summed E-state index contributed by atoms with van der Waals surface area (Å²) in [6.07, 6.45) is 2.60. The van der Waals surface area contributed by atoms with Gasteiger partial charge in [-0.15, -0.1) is 11.8 Å². The number of hydrogen-bond acceptors (Lipinski definition) is 4. The maximum atomic E-state index is 12.4. The first kappa shape index (κ1) is 15.8. The van der Waals surface area contributed by atoms with Crippen LogP contribution in [-0.4, -0.2) is 28.8 Å². The summed E-state index contributed by atoms with van der Waals surface area (Å²) in [6, 6.07) is 12.7. The molecule has 120 valence electrons. The smallest absolute Gasteiger partial charge is 0.255 e. The highest BCUT2D eigenvalue weighted by Crippen LogP contribution is 2.32. The maximum Gasteiger partial charge on any atom is 0.255 e. The third kappa shape index (κ3) is 3.48. The van der Waals surface area contributed by atoms with Gasteiger partial charge in [0.2, 0.25) is 5.91 Å². The highest BCUT2D eigenvalue weighted by molar-refractivity contribution is 8.00. The fourth-order valence-corrected chi connectivity index (χ4v) is 3.87. The number of amides is 1. The highest BCUT2D eigenvalue weighted by atomic mass is 32.2. The van der Waals surface area contributed by atoms with E-state index in [1.54, 1.807) is 28.6 Å². The molecule has 1 aliphatic heterocycles. The first-order valence-corrected chi connectivity index (χ1v) is 8.64. The van der Waals surface area contributed by atoms with Crippen LogP contribution < -0.4 is 16.6 Å². The van der Waals surface area contributed by atoms with Gasteiger partial charge in [0.05, 0.1) is 0 Å². The van der Waals surface area contributed by atoms with Gasteiger partial charge >= 0.3 is 0 Å². The van der Waals surface area contributed by atoms with Crippen LogP contribution in [0.2, 0.25) is 0 Å². The van der Waals surface area contributed by atoms with Gasteiger partial charge in [0.15, 0.2) is 0 Å². The molecule has 1 aliphatic rings. The van der Waals surface area contributed by atoms with E-state index in [4.69, 9.17) is 5.73 Å². The Hall–Kier alpha value is -2.05. The van der Waals surface area contributed by atoms with Crippen LogP contribution in [0.15, 0.2) is 53.5 Å². The Morgan fingerprint density at radius 2 is 2.09 bits per heavy atom. The van der Waals surface area contributed by atoms with Gasteiger partial charge in [0.25, 0.3) is 5.56 Å². The molecule has 0 bridgehead atoms. The predicted molar refractivity (Wildman–Crippen MR) is 92.8 cm³/mol. The van der Waals surface area contributed by atoms with E-state index in [1.807, 2.05) is 30.3 Å². The summed E-state index contributed by atoms with van der Waals surface area (Å²) in [5.41, 5.74) is 7.25. The molecule has 0 aliphatic carbocycles. The molecule has 0 unspecified atom stereocenters. The van der Waals surface area contributed by atoms with Crippen LogP contribution in [0.3, 0.4) is 0 Å². The van der Waals surface area contributed by atoms with Crippen molar-refractivity contribution in [3.05, 3.63) is 64.6 Å². The molecule has 1 aromatic heterocycles. The van der Waals surface area contributed by atoms with Gasteiger partial charge in [-0.3, -0.25) is 14.2 Å². The molecular formula is C17H19N3O2S. The van der Waals surface area contributed by atoms with Crippen molar-refractivity contribution >= 4 is 17.7 Å². The van der Waals surface area contributed by atoms with E-state index in [1.165, 1.54) is 6.07 Å². The minimum Gasteiger partial charge on any atom is -0.351 e. The number of rotatable bonds is 3. The number of nitrogens with zero attached hydrogens (tertiary/aromatic N) is 1. The quantitative estimate of drug-likeness (QED) is 0.894.